The summed E-state index contributed by atoms with van der Waals surface area (Å²) in [5.41, 5.74) is 2.48. The van der Waals surface area contributed by atoms with E-state index in [-0.39, 0.29) is 0 Å². The second-order valence-electron chi connectivity index (χ2n) is 6.73. The summed E-state index contributed by atoms with van der Waals surface area (Å²) in [5.74, 6) is 3.82. The van der Waals surface area contributed by atoms with Crippen LogP contribution in [0.5, 0.6) is 0 Å². The molecule has 0 radical (unpaired) electrons. The van der Waals surface area contributed by atoms with Crippen LogP contribution < -0.4 is 0 Å². The van der Waals surface area contributed by atoms with Gasteiger partial charge < -0.3 is 0 Å². The third-order valence-electron chi connectivity index (χ3n) is 5.36. The zero-order valence-electron chi connectivity index (χ0n) is 11.5. The Bertz CT molecular complexity index is 424. The number of allylic oxidation sites excluding steroid dienone is 3. The summed E-state index contributed by atoms with van der Waals surface area (Å²) in [6, 6.07) is 2.14. The van der Waals surface area contributed by atoms with Crippen molar-refractivity contribution >= 4 is 15.9 Å². The lowest BCUT2D eigenvalue weighted by atomic mass is 9.54. The Balaban J connectivity index is 1.65. The fourth-order valence-corrected chi connectivity index (χ4v) is 5.72. The normalized spacial score (nSPS) is 35.3. The van der Waals surface area contributed by atoms with Gasteiger partial charge in [0.15, 0.2) is 0 Å². The molecule has 4 fully saturated rings. The molecule has 0 aromatic rings. The van der Waals surface area contributed by atoms with E-state index in [1.165, 1.54) is 36.6 Å². The third kappa shape index (κ3) is 2.68. The highest BCUT2D eigenvalue weighted by atomic mass is 79.9. The van der Waals surface area contributed by atoms with Gasteiger partial charge in [0.1, 0.15) is 0 Å². The minimum atomic E-state index is 0.718. The van der Waals surface area contributed by atoms with Gasteiger partial charge in [-0.05, 0) is 79.5 Å². The zero-order chi connectivity index (χ0) is 13.4. The zero-order valence-corrected chi connectivity index (χ0v) is 13.1. The van der Waals surface area contributed by atoms with Gasteiger partial charge in [0.25, 0.3) is 0 Å². The molecule has 4 bridgehead atoms. The van der Waals surface area contributed by atoms with E-state index >= 15 is 0 Å². The van der Waals surface area contributed by atoms with E-state index in [2.05, 4.69) is 28.6 Å². The highest BCUT2D eigenvalue weighted by molar-refractivity contribution is 9.11. The molecule has 4 aliphatic rings. The lowest BCUT2D eigenvalue weighted by molar-refractivity contribution is 0.0689. The minimum absolute atomic E-state index is 0.718. The molecule has 4 rings (SSSR count). The molecule has 4 aliphatic carbocycles. The summed E-state index contributed by atoms with van der Waals surface area (Å²) < 4.78 is 1.46. The Kier molecular flexibility index (Phi) is 3.85. The second-order valence-corrected chi connectivity index (χ2v) is 7.69. The maximum absolute atomic E-state index is 8.74. The van der Waals surface area contributed by atoms with Crippen molar-refractivity contribution < 1.29 is 0 Å². The predicted molar refractivity (Wildman–Crippen MR) is 81.6 cm³/mol. The van der Waals surface area contributed by atoms with Crippen LogP contribution >= 0.6 is 15.9 Å². The van der Waals surface area contributed by atoms with Gasteiger partial charge in [-0.2, -0.15) is 5.26 Å². The fourth-order valence-electron chi connectivity index (χ4n) is 4.79. The molecule has 0 saturated heterocycles. The van der Waals surface area contributed by atoms with Crippen LogP contribution in [0.2, 0.25) is 0 Å². The Morgan fingerprint density at radius 2 is 1.68 bits per heavy atom. The van der Waals surface area contributed by atoms with Gasteiger partial charge in [-0.3, -0.25) is 0 Å². The smallest absolute Gasteiger partial charge is 0.0940 e. The van der Waals surface area contributed by atoms with Crippen molar-refractivity contribution in [2.75, 3.05) is 0 Å². The van der Waals surface area contributed by atoms with Gasteiger partial charge in [0.2, 0.25) is 0 Å². The average molecular weight is 320 g/mol. The van der Waals surface area contributed by atoms with Crippen molar-refractivity contribution in [2.45, 2.75) is 51.4 Å². The van der Waals surface area contributed by atoms with Crippen molar-refractivity contribution in [3.05, 3.63) is 22.2 Å². The van der Waals surface area contributed by atoms with Crippen LogP contribution in [-0.2, 0) is 0 Å². The molecule has 0 aliphatic heterocycles. The van der Waals surface area contributed by atoms with Gasteiger partial charge in [-0.25, -0.2) is 0 Å². The number of rotatable bonds is 4. The van der Waals surface area contributed by atoms with Crippen LogP contribution in [0.3, 0.4) is 0 Å². The third-order valence-corrected chi connectivity index (χ3v) is 6.22. The largest absolute Gasteiger partial charge is 0.193 e. The number of halogens is 1. The van der Waals surface area contributed by atoms with Crippen LogP contribution in [0.1, 0.15) is 51.4 Å². The predicted octanol–water partition coefficient (Wildman–Crippen LogP) is 5.34. The Labute approximate surface area is 124 Å². The first-order valence-corrected chi connectivity index (χ1v) is 8.43. The summed E-state index contributed by atoms with van der Waals surface area (Å²) >= 11 is 3.87. The highest BCUT2D eigenvalue weighted by Crippen LogP contribution is 2.57. The first kappa shape index (κ1) is 13.4. The van der Waals surface area contributed by atoms with E-state index < -0.39 is 0 Å². The number of nitrogens with zero attached hydrogens (tertiary/aromatic N) is 1. The summed E-state index contributed by atoms with van der Waals surface area (Å²) in [6.45, 7) is 3.76. The Morgan fingerprint density at radius 3 is 2.21 bits per heavy atom. The fraction of sp³-hybridized carbons (Fsp3) is 0.706. The molecule has 0 heterocycles. The first-order chi connectivity index (χ1) is 9.17. The molecule has 0 atom stereocenters. The minimum Gasteiger partial charge on any atom is -0.193 e. The van der Waals surface area contributed by atoms with Crippen LogP contribution in [0, 0.1) is 35.0 Å². The highest BCUT2D eigenvalue weighted by Gasteiger charge is 2.45. The van der Waals surface area contributed by atoms with E-state index in [4.69, 9.17) is 5.26 Å². The molecule has 1 nitrogen and oxygen atoms in total. The van der Waals surface area contributed by atoms with Gasteiger partial charge >= 0.3 is 0 Å². The number of nitriles is 1. The molecule has 0 aromatic carbocycles. The molecule has 0 N–H and O–H groups in total. The summed E-state index contributed by atoms with van der Waals surface area (Å²) in [6.07, 6.45) is 10.3. The molecular weight excluding hydrogens is 298 g/mol. The molecule has 0 spiro atoms. The van der Waals surface area contributed by atoms with Crippen LogP contribution in [-0.4, -0.2) is 0 Å². The SMILES string of the molecule is C=C(C#N)CCCC(Br)=C1C2CC3CC(C2)CC1C3. The molecule has 2 heteroatoms. The van der Waals surface area contributed by atoms with Crippen molar-refractivity contribution in [3.8, 4) is 6.07 Å². The topological polar surface area (TPSA) is 23.8 Å². The number of hydrogen-bond donors (Lipinski definition) is 0. The van der Waals surface area contributed by atoms with E-state index in [1.54, 1.807) is 5.57 Å². The quantitative estimate of drug-likeness (QED) is 0.641. The molecular formula is C17H22BrN. The van der Waals surface area contributed by atoms with Crippen molar-refractivity contribution in [3.63, 3.8) is 0 Å². The first-order valence-electron chi connectivity index (χ1n) is 7.63. The van der Waals surface area contributed by atoms with Crippen molar-refractivity contribution in [1.82, 2.24) is 0 Å². The lowest BCUT2D eigenvalue weighted by Crippen LogP contribution is -2.40. The van der Waals surface area contributed by atoms with Crippen molar-refractivity contribution in [2.24, 2.45) is 23.7 Å². The van der Waals surface area contributed by atoms with Gasteiger partial charge in [-0.1, -0.05) is 28.1 Å². The monoisotopic (exact) mass is 319 g/mol. The number of hydrogen-bond acceptors (Lipinski definition) is 1. The Hall–Kier alpha value is -0.550. The van der Waals surface area contributed by atoms with E-state index in [1.807, 2.05) is 0 Å². The molecule has 0 aromatic heterocycles. The van der Waals surface area contributed by atoms with Crippen LogP contribution in [0.4, 0.5) is 0 Å². The summed E-state index contributed by atoms with van der Waals surface area (Å²) in [7, 11) is 0. The van der Waals surface area contributed by atoms with Crippen molar-refractivity contribution in [1.29, 1.82) is 5.26 Å². The van der Waals surface area contributed by atoms with Gasteiger partial charge in [-0.15, -0.1) is 0 Å². The van der Waals surface area contributed by atoms with E-state index in [0.29, 0.717) is 0 Å². The maximum Gasteiger partial charge on any atom is 0.0940 e. The maximum atomic E-state index is 8.74. The second kappa shape index (κ2) is 5.44. The van der Waals surface area contributed by atoms with E-state index in [9.17, 15) is 0 Å². The van der Waals surface area contributed by atoms with Gasteiger partial charge in [0, 0.05) is 5.57 Å². The summed E-state index contributed by atoms with van der Waals surface area (Å²) in [4.78, 5) is 0. The molecule has 4 saturated carbocycles. The molecule has 0 unspecified atom stereocenters. The van der Waals surface area contributed by atoms with E-state index in [0.717, 1.165) is 48.5 Å². The standard InChI is InChI=1S/C17H22BrN/c1-11(10-19)3-2-4-16(18)17-14-6-12-5-13(8-14)9-15(17)7-12/h12-15H,1-9H2. The summed E-state index contributed by atoms with van der Waals surface area (Å²) in [5, 5.41) is 8.74. The van der Waals surface area contributed by atoms with Crippen LogP contribution in [0.15, 0.2) is 22.2 Å². The lowest BCUT2D eigenvalue weighted by Gasteiger charge is -2.52. The van der Waals surface area contributed by atoms with Crippen LogP contribution in [0.25, 0.3) is 0 Å². The Morgan fingerprint density at radius 1 is 1.11 bits per heavy atom. The molecule has 0 amide bonds. The molecule has 19 heavy (non-hydrogen) atoms. The molecule has 102 valence electrons. The average Bonchev–Trinajstić information content (AvgIpc) is 2.37. The van der Waals surface area contributed by atoms with Gasteiger partial charge in [0.05, 0.1) is 6.07 Å².